The smallest absolute Gasteiger partial charge is 0.152 e. The molecule has 0 aliphatic heterocycles. The zero-order valence-corrected chi connectivity index (χ0v) is 11.1. The third kappa shape index (κ3) is 2.37. The number of nitrogens with zero attached hydrogens (tertiary/aromatic N) is 1. The van der Waals surface area contributed by atoms with E-state index in [0.29, 0.717) is 5.56 Å². The maximum absolute atomic E-state index is 11.5. The van der Waals surface area contributed by atoms with Crippen molar-refractivity contribution in [3.8, 4) is 0 Å². The van der Waals surface area contributed by atoms with Gasteiger partial charge in [0.05, 0.1) is 11.4 Å². The van der Waals surface area contributed by atoms with Crippen molar-refractivity contribution < 1.29 is 13.5 Å². The summed E-state index contributed by atoms with van der Waals surface area (Å²) in [6, 6.07) is 7.46. The number of sulfone groups is 1. The standard InChI is InChI=1S/C13H15NO3S/c1-9(18(2,16)17)13(15)12-8-14-7-10-5-3-4-6-11(10)12/h3-9,13,15H,1-2H3. The lowest BCUT2D eigenvalue weighted by molar-refractivity contribution is 0.177. The molecule has 1 N–H and O–H groups in total. The largest absolute Gasteiger partial charge is 0.387 e. The number of hydrogen-bond acceptors (Lipinski definition) is 4. The van der Waals surface area contributed by atoms with Gasteiger partial charge in [0.2, 0.25) is 0 Å². The molecule has 0 aliphatic rings. The van der Waals surface area contributed by atoms with Crippen molar-refractivity contribution >= 4 is 20.6 Å². The number of aliphatic hydroxyl groups is 1. The van der Waals surface area contributed by atoms with Crippen LogP contribution in [0.1, 0.15) is 18.6 Å². The summed E-state index contributed by atoms with van der Waals surface area (Å²) in [5, 5.41) is 11.1. The third-order valence-electron chi connectivity index (χ3n) is 3.14. The minimum absolute atomic E-state index is 0.547. The molecule has 5 heteroatoms. The average Bonchev–Trinajstić information content (AvgIpc) is 2.35. The van der Waals surface area contributed by atoms with Crippen molar-refractivity contribution in [3.63, 3.8) is 0 Å². The second-order valence-corrected chi connectivity index (χ2v) is 6.83. The van der Waals surface area contributed by atoms with Crippen LogP contribution < -0.4 is 0 Å². The van der Waals surface area contributed by atoms with E-state index in [1.807, 2.05) is 24.3 Å². The Morgan fingerprint density at radius 1 is 1.22 bits per heavy atom. The first-order chi connectivity index (χ1) is 8.41. The molecule has 18 heavy (non-hydrogen) atoms. The van der Waals surface area contributed by atoms with Crippen LogP contribution in [-0.4, -0.2) is 30.0 Å². The molecule has 1 aromatic heterocycles. The molecule has 0 saturated carbocycles. The van der Waals surface area contributed by atoms with Gasteiger partial charge in [-0.15, -0.1) is 0 Å². The zero-order valence-electron chi connectivity index (χ0n) is 10.2. The molecule has 0 saturated heterocycles. The maximum atomic E-state index is 11.5. The highest BCUT2D eigenvalue weighted by Gasteiger charge is 2.26. The Morgan fingerprint density at radius 3 is 2.56 bits per heavy atom. The Morgan fingerprint density at radius 2 is 1.89 bits per heavy atom. The molecule has 0 bridgehead atoms. The predicted molar refractivity (Wildman–Crippen MR) is 71.0 cm³/mol. The van der Waals surface area contributed by atoms with Gasteiger partial charge in [0, 0.05) is 29.6 Å². The van der Waals surface area contributed by atoms with Crippen molar-refractivity contribution in [2.45, 2.75) is 18.3 Å². The molecular weight excluding hydrogens is 250 g/mol. The molecule has 0 spiro atoms. The van der Waals surface area contributed by atoms with Crippen LogP contribution in [0.5, 0.6) is 0 Å². The summed E-state index contributed by atoms with van der Waals surface area (Å²) in [5.41, 5.74) is 0.547. The Kier molecular flexibility index (Phi) is 3.36. The van der Waals surface area contributed by atoms with Gasteiger partial charge in [-0.1, -0.05) is 24.3 Å². The molecule has 2 aromatic rings. The highest BCUT2D eigenvalue weighted by molar-refractivity contribution is 7.91. The predicted octanol–water partition coefficient (Wildman–Crippen LogP) is 1.70. The molecule has 1 aromatic carbocycles. The number of fused-ring (bicyclic) bond motifs is 1. The Labute approximate surface area is 106 Å². The Hall–Kier alpha value is -1.46. The summed E-state index contributed by atoms with van der Waals surface area (Å²) in [4.78, 5) is 4.04. The second kappa shape index (κ2) is 4.66. The number of hydrogen-bond donors (Lipinski definition) is 1. The van der Waals surface area contributed by atoms with Crippen LogP contribution in [0.15, 0.2) is 36.7 Å². The van der Waals surface area contributed by atoms with Crippen molar-refractivity contribution in [3.05, 3.63) is 42.2 Å². The number of aromatic nitrogens is 1. The minimum Gasteiger partial charge on any atom is -0.387 e. The summed E-state index contributed by atoms with van der Waals surface area (Å²) < 4.78 is 23.0. The van der Waals surface area contributed by atoms with Gasteiger partial charge in [-0.25, -0.2) is 8.42 Å². The molecule has 4 nitrogen and oxygen atoms in total. The molecule has 1 heterocycles. The van der Waals surface area contributed by atoms with E-state index in [1.54, 1.807) is 6.20 Å². The molecule has 0 radical (unpaired) electrons. The van der Waals surface area contributed by atoms with Crippen LogP contribution >= 0.6 is 0 Å². The quantitative estimate of drug-likeness (QED) is 0.917. The van der Waals surface area contributed by atoms with Crippen LogP contribution in [0.3, 0.4) is 0 Å². The van der Waals surface area contributed by atoms with Gasteiger partial charge in [0.25, 0.3) is 0 Å². The summed E-state index contributed by atoms with van der Waals surface area (Å²) in [6.45, 7) is 1.50. The number of rotatable bonds is 3. The normalized spacial score (nSPS) is 15.5. The van der Waals surface area contributed by atoms with E-state index in [9.17, 15) is 13.5 Å². The topological polar surface area (TPSA) is 67.3 Å². The van der Waals surface area contributed by atoms with E-state index in [-0.39, 0.29) is 0 Å². The maximum Gasteiger partial charge on any atom is 0.152 e. The Bertz CT molecular complexity index is 661. The van der Waals surface area contributed by atoms with E-state index < -0.39 is 21.2 Å². The van der Waals surface area contributed by atoms with Gasteiger partial charge in [-0.3, -0.25) is 4.98 Å². The van der Waals surface area contributed by atoms with Gasteiger partial charge in [0.1, 0.15) is 0 Å². The van der Waals surface area contributed by atoms with E-state index in [1.165, 1.54) is 13.1 Å². The van der Waals surface area contributed by atoms with Gasteiger partial charge >= 0.3 is 0 Å². The molecular formula is C13H15NO3S. The van der Waals surface area contributed by atoms with Crippen LogP contribution in [-0.2, 0) is 9.84 Å². The molecule has 96 valence electrons. The first-order valence-corrected chi connectivity index (χ1v) is 7.56. The molecule has 2 unspecified atom stereocenters. The van der Waals surface area contributed by atoms with Gasteiger partial charge in [0.15, 0.2) is 9.84 Å². The first-order valence-electron chi connectivity index (χ1n) is 5.61. The number of pyridine rings is 1. The van der Waals surface area contributed by atoms with Gasteiger partial charge in [-0.2, -0.15) is 0 Å². The molecule has 0 aliphatic carbocycles. The highest BCUT2D eigenvalue weighted by Crippen LogP contribution is 2.27. The van der Waals surface area contributed by atoms with Crippen molar-refractivity contribution in [2.75, 3.05) is 6.26 Å². The van der Waals surface area contributed by atoms with Gasteiger partial charge < -0.3 is 5.11 Å². The molecule has 0 amide bonds. The fourth-order valence-corrected chi connectivity index (χ4v) is 2.48. The number of benzene rings is 1. The summed E-state index contributed by atoms with van der Waals surface area (Å²) in [6.07, 6.45) is 3.27. The average molecular weight is 265 g/mol. The Balaban J connectivity index is 2.55. The summed E-state index contributed by atoms with van der Waals surface area (Å²) in [5.74, 6) is 0. The lowest BCUT2D eigenvalue weighted by Crippen LogP contribution is -2.24. The van der Waals surface area contributed by atoms with E-state index in [2.05, 4.69) is 4.98 Å². The third-order valence-corrected chi connectivity index (χ3v) is 4.75. The summed E-state index contributed by atoms with van der Waals surface area (Å²) in [7, 11) is -3.30. The lowest BCUT2D eigenvalue weighted by Gasteiger charge is -2.18. The van der Waals surface area contributed by atoms with Crippen molar-refractivity contribution in [1.29, 1.82) is 0 Å². The SMILES string of the molecule is CC(C(O)c1cncc2ccccc12)S(C)(=O)=O. The summed E-state index contributed by atoms with van der Waals surface area (Å²) >= 11 is 0. The molecule has 2 rings (SSSR count). The monoisotopic (exact) mass is 265 g/mol. The van der Waals surface area contributed by atoms with E-state index in [0.717, 1.165) is 17.0 Å². The molecule has 0 fully saturated rings. The lowest BCUT2D eigenvalue weighted by atomic mass is 10.0. The van der Waals surface area contributed by atoms with Crippen LogP contribution in [0, 0.1) is 0 Å². The zero-order chi connectivity index (χ0) is 13.3. The fraction of sp³-hybridized carbons (Fsp3) is 0.308. The van der Waals surface area contributed by atoms with Crippen molar-refractivity contribution in [2.24, 2.45) is 0 Å². The van der Waals surface area contributed by atoms with Crippen molar-refractivity contribution in [1.82, 2.24) is 4.98 Å². The van der Waals surface area contributed by atoms with Crippen LogP contribution in [0.25, 0.3) is 10.8 Å². The van der Waals surface area contributed by atoms with Crippen LogP contribution in [0.4, 0.5) is 0 Å². The van der Waals surface area contributed by atoms with E-state index in [4.69, 9.17) is 0 Å². The highest BCUT2D eigenvalue weighted by atomic mass is 32.2. The molecule has 2 atom stereocenters. The second-order valence-electron chi connectivity index (χ2n) is 4.43. The van der Waals surface area contributed by atoms with Crippen LogP contribution in [0.2, 0.25) is 0 Å². The number of aliphatic hydroxyl groups excluding tert-OH is 1. The minimum atomic E-state index is -3.30. The van der Waals surface area contributed by atoms with E-state index >= 15 is 0 Å². The fourth-order valence-electron chi connectivity index (χ4n) is 1.86. The van der Waals surface area contributed by atoms with Gasteiger partial charge in [-0.05, 0) is 12.3 Å². The first kappa shape index (κ1) is 13.0.